The van der Waals surface area contributed by atoms with Crippen LogP contribution in [0.4, 0.5) is 11.4 Å². The summed E-state index contributed by atoms with van der Waals surface area (Å²) < 4.78 is 35.3. The molecule has 164 valence electrons. The molecule has 0 saturated heterocycles. The highest BCUT2D eigenvalue weighted by Crippen LogP contribution is 2.29. The number of ether oxygens (including phenoxy) is 1. The molecule has 1 amide bonds. The van der Waals surface area contributed by atoms with E-state index in [0.717, 1.165) is 0 Å². The number of anilines is 2. The Balaban J connectivity index is 1.61. The molecule has 0 aliphatic heterocycles. The first-order valence-electron chi connectivity index (χ1n) is 9.28. The third kappa shape index (κ3) is 4.31. The van der Waals surface area contributed by atoms with Gasteiger partial charge in [-0.3, -0.25) is 9.52 Å². The molecular formula is C20H18N6O4S2. The van der Waals surface area contributed by atoms with Gasteiger partial charge in [0.2, 0.25) is 0 Å². The molecule has 4 aromatic rings. The number of methoxy groups -OCH3 is 1. The van der Waals surface area contributed by atoms with Crippen LogP contribution in [0.2, 0.25) is 0 Å². The van der Waals surface area contributed by atoms with Gasteiger partial charge in [0.05, 0.1) is 23.4 Å². The molecule has 0 radical (unpaired) electrons. The molecule has 0 aliphatic rings. The molecule has 2 N–H and O–H groups in total. The molecule has 0 atom stereocenters. The standard InChI is InChI=1S/C20H18N6O4S2/c1-13-7-8-14(22-20(27)19-16(9-10-31-19)26-12-21-24-25-26)11-18(13)32(28,29)23-15-5-3-4-6-17(15)30-2/h3-12,23H,1-2H3,(H,22,27). The number of para-hydroxylation sites is 2. The Labute approximate surface area is 187 Å². The van der Waals surface area contributed by atoms with E-state index in [1.807, 2.05) is 0 Å². The molecule has 0 saturated carbocycles. The minimum Gasteiger partial charge on any atom is -0.495 e. The third-order valence-corrected chi connectivity index (χ3v) is 6.94. The predicted molar refractivity (Wildman–Crippen MR) is 120 cm³/mol. The lowest BCUT2D eigenvalue weighted by molar-refractivity contribution is 0.103. The summed E-state index contributed by atoms with van der Waals surface area (Å²) in [6, 6.07) is 13.1. The minimum absolute atomic E-state index is 0.0353. The number of hydrogen-bond acceptors (Lipinski definition) is 8. The lowest BCUT2D eigenvalue weighted by Crippen LogP contribution is -2.17. The zero-order valence-corrected chi connectivity index (χ0v) is 18.6. The SMILES string of the molecule is COc1ccccc1NS(=O)(=O)c1cc(NC(=O)c2sccc2-n2cnnn2)ccc1C. The summed E-state index contributed by atoms with van der Waals surface area (Å²) >= 11 is 1.22. The molecule has 12 heteroatoms. The summed E-state index contributed by atoms with van der Waals surface area (Å²) in [4.78, 5) is 13.3. The molecule has 10 nitrogen and oxygen atoms in total. The number of sulfonamides is 1. The van der Waals surface area contributed by atoms with E-state index < -0.39 is 15.9 Å². The number of tetrazole rings is 1. The highest BCUT2D eigenvalue weighted by molar-refractivity contribution is 7.92. The van der Waals surface area contributed by atoms with Crippen molar-refractivity contribution in [3.8, 4) is 11.4 Å². The predicted octanol–water partition coefficient (Wildman–Crippen LogP) is 3.09. The molecule has 32 heavy (non-hydrogen) atoms. The van der Waals surface area contributed by atoms with E-state index in [1.165, 1.54) is 35.5 Å². The number of thiophene rings is 1. The Hall–Kier alpha value is -3.77. The van der Waals surface area contributed by atoms with Crippen molar-refractivity contribution >= 4 is 38.6 Å². The number of aromatic nitrogens is 4. The van der Waals surface area contributed by atoms with Crippen molar-refractivity contribution in [2.75, 3.05) is 17.1 Å². The number of nitrogens with zero attached hydrogens (tertiary/aromatic N) is 4. The van der Waals surface area contributed by atoms with Gasteiger partial charge in [0.15, 0.2) is 0 Å². The monoisotopic (exact) mass is 470 g/mol. The molecule has 0 unspecified atom stereocenters. The maximum Gasteiger partial charge on any atom is 0.267 e. The highest BCUT2D eigenvalue weighted by Gasteiger charge is 2.21. The third-order valence-electron chi connectivity index (χ3n) is 4.53. The van der Waals surface area contributed by atoms with Crippen molar-refractivity contribution in [2.45, 2.75) is 11.8 Å². The average molecular weight is 471 g/mol. The first kappa shape index (κ1) is 21.5. The summed E-state index contributed by atoms with van der Waals surface area (Å²) in [6.45, 7) is 1.68. The van der Waals surface area contributed by atoms with E-state index in [-0.39, 0.29) is 4.90 Å². The number of aryl methyl sites for hydroxylation is 1. The Morgan fingerprint density at radius 2 is 1.97 bits per heavy atom. The van der Waals surface area contributed by atoms with E-state index >= 15 is 0 Å². The molecular weight excluding hydrogens is 452 g/mol. The van der Waals surface area contributed by atoms with E-state index in [1.54, 1.807) is 54.8 Å². The van der Waals surface area contributed by atoms with Crippen LogP contribution in [0.1, 0.15) is 15.2 Å². The maximum absolute atomic E-state index is 13.1. The summed E-state index contributed by atoms with van der Waals surface area (Å²) in [5.41, 5.74) is 1.69. The van der Waals surface area contributed by atoms with Gasteiger partial charge in [-0.2, -0.15) is 4.68 Å². The number of benzene rings is 2. The van der Waals surface area contributed by atoms with Gasteiger partial charge in [0.25, 0.3) is 15.9 Å². The van der Waals surface area contributed by atoms with Crippen LogP contribution in [-0.2, 0) is 10.0 Å². The Morgan fingerprint density at radius 3 is 2.72 bits per heavy atom. The minimum atomic E-state index is -3.94. The van der Waals surface area contributed by atoms with Crippen LogP contribution < -0.4 is 14.8 Å². The highest BCUT2D eigenvalue weighted by atomic mass is 32.2. The van der Waals surface area contributed by atoms with E-state index in [0.29, 0.717) is 33.3 Å². The van der Waals surface area contributed by atoms with Crippen molar-refractivity contribution in [3.63, 3.8) is 0 Å². The fourth-order valence-corrected chi connectivity index (χ4v) is 5.12. The van der Waals surface area contributed by atoms with Crippen molar-refractivity contribution in [1.29, 1.82) is 0 Å². The van der Waals surface area contributed by atoms with Gasteiger partial charge in [-0.15, -0.1) is 16.4 Å². The number of carbonyl (C=O) groups excluding carboxylic acids is 1. The lowest BCUT2D eigenvalue weighted by Gasteiger charge is -2.14. The van der Waals surface area contributed by atoms with Crippen LogP contribution in [-0.4, -0.2) is 41.6 Å². The normalized spacial score (nSPS) is 11.2. The number of carbonyl (C=O) groups is 1. The summed E-state index contributed by atoms with van der Waals surface area (Å²) in [7, 11) is -2.48. The molecule has 2 heterocycles. The van der Waals surface area contributed by atoms with Gasteiger partial charge in [0, 0.05) is 5.69 Å². The largest absolute Gasteiger partial charge is 0.495 e. The zero-order chi connectivity index (χ0) is 22.7. The van der Waals surface area contributed by atoms with Crippen molar-refractivity contribution in [3.05, 3.63) is 70.7 Å². The molecule has 2 aromatic heterocycles. The van der Waals surface area contributed by atoms with Crippen molar-refractivity contribution in [2.24, 2.45) is 0 Å². The first-order valence-corrected chi connectivity index (χ1v) is 11.6. The Kier molecular flexibility index (Phi) is 5.88. The lowest BCUT2D eigenvalue weighted by atomic mass is 10.2. The quantitative estimate of drug-likeness (QED) is 0.425. The summed E-state index contributed by atoms with van der Waals surface area (Å²) in [5, 5.41) is 15.5. The Bertz CT molecular complexity index is 1370. The fraction of sp³-hybridized carbons (Fsp3) is 0.100. The summed E-state index contributed by atoms with van der Waals surface area (Å²) in [5.74, 6) is -0.0126. The van der Waals surface area contributed by atoms with E-state index in [9.17, 15) is 13.2 Å². The first-order chi connectivity index (χ1) is 15.4. The molecule has 0 spiro atoms. The van der Waals surface area contributed by atoms with Gasteiger partial charge in [0.1, 0.15) is 17.0 Å². The van der Waals surface area contributed by atoms with Gasteiger partial charge in [-0.25, -0.2) is 8.42 Å². The van der Waals surface area contributed by atoms with E-state index in [2.05, 4.69) is 25.6 Å². The van der Waals surface area contributed by atoms with Crippen LogP contribution in [0.15, 0.2) is 65.1 Å². The van der Waals surface area contributed by atoms with Crippen LogP contribution in [0, 0.1) is 6.92 Å². The summed E-state index contributed by atoms with van der Waals surface area (Å²) in [6.07, 6.45) is 1.39. The topological polar surface area (TPSA) is 128 Å². The number of amides is 1. The second-order valence-corrected chi connectivity index (χ2v) is 9.20. The van der Waals surface area contributed by atoms with Gasteiger partial charge in [-0.1, -0.05) is 18.2 Å². The Morgan fingerprint density at radius 1 is 1.16 bits per heavy atom. The smallest absolute Gasteiger partial charge is 0.267 e. The molecule has 0 bridgehead atoms. The van der Waals surface area contributed by atoms with Gasteiger partial charge in [-0.05, 0) is 58.6 Å². The van der Waals surface area contributed by atoms with Crippen LogP contribution in [0.5, 0.6) is 5.75 Å². The van der Waals surface area contributed by atoms with Gasteiger partial charge >= 0.3 is 0 Å². The van der Waals surface area contributed by atoms with Gasteiger partial charge < -0.3 is 10.1 Å². The number of nitrogens with one attached hydrogen (secondary N) is 2. The second kappa shape index (κ2) is 8.77. The van der Waals surface area contributed by atoms with Crippen LogP contribution in [0.3, 0.4) is 0 Å². The average Bonchev–Trinajstić information content (AvgIpc) is 3.47. The molecule has 0 fully saturated rings. The second-order valence-electron chi connectivity index (χ2n) is 6.63. The molecule has 2 aromatic carbocycles. The zero-order valence-electron chi connectivity index (χ0n) is 17.0. The number of rotatable bonds is 7. The van der Waals surface area contributed by atoms with Crippen LogP contribution >= 0.6 is 11.3 Å². The van der Waals surface area contributed by atoms with Crippen molar-refractivity contribution in [1.82, 2.24) is 20.2 Å². The fourth-order valence-electron chi connectivity index (χ4n) is 3.01. The van der Waals surface area contributed by atoms with E-state index in [4.69, 9.17) is 4.74 Å². The molecule has 0 aliphatic carbocycles. The maximum atomic E-state index is 13.1. The molecule has 4 rings (SSSR count). The van der Waals surface area contributed by atoms with Crippen molar-refractivity contribution < 1.29 is 17.9 Å². The number of hydrogen-bond donors (Lipinski definition) is 2. The van der Waals surface area contributed by atoms with Crippen LogP contribution in [0.25, 0.3) is 5.69 Å².